The molecule has 4 aromatic carbocycles. The van der Waals surface area contributed by atoms with E-state index in [4.69, 9.17) is 0 Å². The second-order valence-electron chi connectivity index (χ2n) is 9.60. The van der Waals surface area contributed by atoms with Gasteiger partial charge in [-0.1, -0.05) is 97.1 Å². The van der Waals surface area contributed by atoms with Crippen LogP contribution in [0.25, 0.3) is 5.57 Å². The van der Waals surface area contributed by atoms with Gasteiger partial charge >= 0.3 is 6.18 Å². The summed E-state index contributed by atoms with van der Waals surface area (Å²) in [5.74, 6) is -3.31. The molecule has 4 rings (SSSR count). The summed E-state index contributed by atoms with van der Waals surface area (Å²) in [5.41, 5.74) is 3.09. The predicted octanol–water partition coefficient (Wildman–Crippen LogP) is 7.54. The number of alkyl halides is 3. The molecule has 0 fully saturated rings. The zero-order valence-corrected chi connectivity index (χ0v) is 22.7. The lowest BCUT2D eigenvalue weighted by Crippen LogP contribution is -2.40. The molecule has 0 saturated heterocycles. The Hall–Kier alpha value is -4.65. The highest BCUT2D eigenvalue weighted by Crippen LogP contribution is 2.30. The number of carbonyl (C=O) groups excluding carboxylic acids is 2. The van der Waals surface area contributed by atoms with Crippen LogP contribution < -0.4 is 9.80 Å². The summed E-state index contributed by atoms with van der Waals surface area (Å²) in [7, 11) is 0. The minimum Gasteiger partial charge on any atom is -0.369 e. The number of allylic oxidation sites excluding steroid dienone is 1. The van der Waals surface area contributed by atoms with E-state index in [1.54, 1.807) is 41.4 Å². The number of benzene rings is 4. The van der Waals surface area contributed by atoms with E-state index in [1.807, 2.05) is 95.9 Å². The van der Waals surface area contributed by atoms with Crippen molar-refractivity contribution in [1.29, 1.82) is 0 Å². The third-order valence-corrected chi connectivity index (χ3v) is 6.77. The van der Waals surface area contributed by atoms with Crippen LogP contribution in [0.2, 0.25) is 0 Å². The number of rotatable bonds is 12. The Labute approximate surface area is 238 Å². The maximum Gasteiger partial charge on any atom is 0.450 e. The van der Waals surface area contributed by atoms with Crippen LogP contribution in [-0.2, 0) is 9.59 Å². The summed E-state index contributed by atoms with van der Waals surface area (Å²) in [6.07, 6.45) is -3.19. The van der Waals surface area contributed by atoms with Crippen molar-refractivity contribution in [3.63, 3.8) is 0 Å². The average molecular weight is 557 g/mol. The molecule has 1 unspecified atom stereocenters. The van der Waals surface area contributed by atoms with Crippen molar-refractivity contribution < 1.29 is 22.8 Å². The van der Waals surface area contributed by atoms with Crippen molar-refractivity contribution >= 4 is 28.5 Å². The molecule has 0 aromatic heterocycles. The van der Waals surface area contributed by atoms with Crippen molar-refractivity contribution in [2.75, 3.05) is 29.4 Å². The molecule has 1 atom stereocenters. The Morgan fingerprint density at radius 2 is 1.20 bits per heavy atom. The summed E-state index contributed by atoms with van der Waals surface area (Å²) in [6, 6.07) is 35.9. The number of nitrogens with zero attached hydrogens (tertiary/aromatic N) is 2. The van der Waals surface area contributed by atoms with E-state index in [-0.39, 0.29) is 18.9 Å². The smallest absolute Gasteiger partial charge is 0.369 e. The largest absolute Gasteiger partial charge is 0.450 e. The third kappa shape index (κ3) is 7.94. The average Bonchev–Trinajstić information content (AvgIpc) is 2.99. The molecule has 7 heteroatoms. The number of ketones is 2. The molecular formula is C34H31F3N2O2. The molecule has 0 radical (unpaired) electrons. The van der Waals surface area contributed by atoms with Gasteiger partial charge in [-0.15, -0.1) is 0 Å². The van der Waals surface area contributed by atoms with Crippen LogP contribution in [0.15, 0.2) is 128 Å². The van der Waals surface area contributed by atoms with Crippen molar-refractivity contribution in [2.24, 2.45) is 0 Å². The van der Waals surface area contributed by atoms with Gasteiger partial charge in [0, 0.05) is 42.8 Å². The quantitative estimate of drug-likeness (QED) is 0.169. The number of hydrogen-bond acceptors (Lipinski definition) is 4. The van der Waals surface area contributed by atoms with Crippen LogP contribution in [0, 0.1) is 0 Å². The minimum absolute atomic E-state index is 0.114. The van der Waals surface area contributed by atoms with Gasteiger partial charge in [0.2, 0.25) is 5.78 Å². The van der Waals surface area contributed by atoms with Crippen LogP contribution in [0.3, 0.4) is 0 Å². The first kappa shape index (κ1) is 29.3. The van der Waals surface area contributed by atoms with Gasteiger partial charge in [0.1, 0.15) is 0 Å². The SMILES string of the molecule is CC(=O)/C(=C\N(CCN(CC(C(=O)C(F)(F)F)c1ccccc1)c1ccccc1)c1ccccc1)c1ccccc1. The molecule has 0 heterocycles. The minimum atomic E-state index is -4.98. The molecule has 0 aliphatic carbocycles. The summed E-state index contributed by atoms with van der Waals surface area (Å²) < 4.78 is 41.2. The Kier molecular flexibility index (Phi) is 9.74. The normalized spacial score (nSPS) is 12.4. The first-order valence-electron chi connectivity index (χ1n) is 13.3. The van der Waals surface area contributed by atoms with E-state index in [0.717, 1.165) is 11.3 Å². The molecule has 41 heavy (non-hydrogen) atoms. The Balaban J connectivity index is 1.70. The van der Waals surface area contributed by atoms with E-state index in [0.29, 0.717) is 23.4 Å². The fourth-order valence-corrected chi connectivity index (χ4v) is 4.67. The van der Waals surface area contributed by atoms with Crippen molar-refractivity contribution in [2.45, 2.75) is 19.0 Å². The van der Waals surface area contributed by atoms with Crippen LogP contribution in [0.4, 0.5) is 24.5 Å². The Morgan fingerprint density at radius 3 is 1.71 bits per heavy atom. The number of halogens is 3. The molecule has 0 bridgehead atoms. The van der Waals surface area contributed by atoms with E-state index >= 15 is 0 Å². The number of Topliss-reactive ketones (excluding diaryl/α,β-unsaturated/α-hetero) is 2. The van der Waals surface area contributed by atoms with E-state index < -0.39 is 17.9 Å². The molecule has 4 aromatic rings. The highest BCUT2D eigenvalue weighted by molar-refractivity contribution is 6.19. The monoisotopic (exact) mass is 556 g/mol. The second kappa shape index (κ2) is 13.6. The number of para-hydroxylation sites is 2. The molecule has 4 nitrogen and oxygen atoms in total. The van der Waals surface area contributed by atoms with Crippen molar-refractivity contribution in [3.05, 3.63) is 139 Å². The van der Waals surface area contributed by atoms with Crippen LogP contribution in [0.1, 0.15) is 24.0 Å². The highest BCUT2D eigenvalue weighted by atomic mass is 19.4. The highest BCUT2D eigenvalue weighted by Gasteiger charge is 2.44. The molecule has 0 spiro atoms. The molecule has 0 saturated carbocycles. The summed E-state index contributed by atoms with van der Waals surface area (Å²) in [6.45, 7) is 1.95. The zero-order valence-electron chi connectivity index (χ0n) is 22.7. The van der Waals surface area contributed by atoms with Crippen molar-refractivity contribution in [1.82, 2.24) is 0 Å². The summed E-state index contributed by atoms with van der Waals surface area (Å²) in [4.78, 5) is 29.1. The fraction of sp³-hybridized carbons (Fsp3) is 0.176. The van der Waals surface area contributed by atoms with Gasteiger partial charge < -0.3 is 9.80 Å². The first-order chi connectivity index (χ1) is 19.7. The van der Waals surface area contributed by atoms with Gasteiger partial charge in [0.05, 0.1) is 5.92 Å². The number of anilines is 2. The standard InChI is InChI=1S/C34H31F3N2O2/c1-26(40)31(27-14-6-2-7-15-27)24-38(29-18-10-4-11-19-29)22-23-39(30-20-12-5-13-21-30)25-32(33(41)34(35,36)37)28-16-8-3-9-17-28/h2-21,24,32H,22-23,25H2,1H3/b31-24+. The van der Waals surface area contributed by atoms with E-state index in [9.17, 15) is 22.8 Å². The second-order valence-corrected chi connectivity index (χ2v) is 9.60. The summed E-state index contributed by atoms with van der Waals surface area (Å²) in [5, 5.41) is 0. The van der Waals surface area contributed by atoms with Gasteiger partial charge in [0.25, 0.3) is 0 Å². The Morgan fingerprint density at radius 1 is 0.707 bits per heavy atom. The maximum atomic E-state index is 13.7. The Bertz CT molecular complexity index is 1440. The molecule has 0 aliphatic rings. The van der Waals surface area contributed by atoms with E-state index in [1.165, 1.54) is 6.92 Å². The molecule has 210 valence electrons. The molecule has 0 aliphatic heterocycles. The third-order valence-electron chi connectivity index (χ3n) is 6.77. The zero-order chi connectivity index (χ0) is 29.2. The number of hydrogen-bond donors (Lipinski definition) is 0. The number of carbonyl (C=O) groups is 2. The lowest BCUT2D eigenvalue weighted by Gasteiger charge is -2.32. The van der Waals surface area contributed by atoms with Gasteiger partial charge in [-0.3, -0.25) is 9.59 Å². The van der Waals surface area contributed by atoms with Crippen LogP contribution in [0.5, 0.6) is 0 Å². The molecule has 0 N–H and O–H groups in total. The van der Waals surface area contributed by atoms with E-state index in [2.05, 4.69) is 0 Å². The maximum absolute atomic E-state index is 13.7. The lowest BCUT2D eigenvalue weighted by atomic mass is 9.93. The van der Waals surface area contributed by atoms with Gasteiger partial charge in [-0.05, 0) is 42.3 Å². The fourth-order valence-electron chi connectivity index (χ4n) is 4.67. The van der Waals surface area contributed by atoms with Crippen LogP contribution >= 0.6 is 0 Å². The van der Waals surface area contributed by atoms with Crippen molar-refractivity contribution in [3.8, 4) is 0 Å². The molecule has 0 amide bonds. The molecular weight excluding hydrogens is 525 g/mol. The topological polar surface area (TPSA) is 40.6 Å². The summed E-state index contributed by atoms with van der Waals surface area (Å²) >= 11 is 0. The van der Waals surface area contributed by atoms with Gasteiger partial charge in [-0.2, -0.15) is 13.2 Å². The lowest BCUT2D eigenvalue weighted by molar-refractivity contribution is -0.172. The predicted molar refractivity (Wildman–Crippen MR) is 158 cm³/mol. The van der Waals surface area contributed by atoms with Crippen LogP contribution in [-0.4, -0.2) is 37.4 Å². The van der Waals surface area contributed by atoms with Gasteiger partial charge in [0.15, 0.2) is 5.78 Å². The van der Waals surface area contributed by atoms with Gasteiger partial charge in [-0.25, -0.2) is 0 Å². The first-order valence-corrected chi connectivity index (χ1v) is 13.3.